The van der Waals surface area contributed by atoms with Crippen LogP contribution in [0.2, 0.25) is 10.0 Å². The van der Waals surface area contributed by atoms with Gasteiger partial charge in [0.15, 0.2) is 0 Å². The molecule has 556 valence electrons. The number of benzene rings is 3. The van der Waals surface area contributed by atoms with Gasteiger partial charge in [-0.3, -0.25) is 57.5 Å². The number of likely N-dealkylation sites (tertiary alicyclic amines) is 1. The van der Waals surface area contributed by atoms with Crippen molar-refractivity contribution in [3.8, 4) is 0 Å². The summed E-state index contributed by atoms with van der Waals surface area (Å²) >= 11 is 12.4. The van der Waals surface area contributed by atoms with Crippen LogP contribution in [0, 0.1) is 17.8 Å². The summed E-state index contributed by atoms with van der Waals surface area (Å²) in [5, 5.41) is 10.8. The molecule has 12 amide bonds. The number of hydrogen-bond donors (Lipinski definition) is 4. The van der Waals surface area contributed by atoms with Gasteiger partial charge in [0.2, 0.25) is 70.9 Å². The number of carbonyl (C=O) groups is 12. The van der Waals surface area contributed by atoms with Crippen molar-refractivity contribution in [3.63, 3.8) is 0 Å². The van der Waals surface area contributed by atoms with Crippen LogP contribution in [-0.4, -0.2) is 240 Å². The van der Waals surface area contributed by atoms with Crippen LogP contribution in [-0.2, 0) is 83.0 Å². The van der Waals surface area contributed by atoms with Gasteiger partial charge in [0, 0.05) is 80.3 Å². The van der Waals surface area contributed by atoms with Crippen LogP contribution >= 0.6 is 23.2 Å². The van der Waals surface area contributed by atoms with Crippen LogP contribution < -0.4 is 21.3 Å². The van der Waals surface area contributed by atoms with E-state index in [1.807, 2.05) is 13.8 Å². The largest absolute Gasteiger partial charge is 0.417 e. The Morgan fingerprint density at radius 3 is 1.67 bits per heavy atom. The lowest BCUT2D eigenvalue weighted by Crippen LogP contribution is -2.61. The molecule has 0 aliphatic carbocycles. The molecule has 2 saturated heterocycles. The molecule has 2 fully saturated rings. The highest BCUT2D eigenvalue weighted by molar-refractivity contribution is 6.31. The standard InChI is InChI=1S/C72H101Cl2F3N12O12/c1-15-45(6)63-71(101)84(10)41-61(92)82(8)42-62(93)86(12)57(38-49-24-28-50(73)29-25-49)69(99)83(9)40-59(90)78-53(31-27-48-26-30-51(52(74)36-48)72(75,76)77)65(95)79-54(34-43(2)3)67(97)88(14)58(37-47-22-18-16-19-23-47)70(100)87(13)56(35-44(4)5)66(96)80-55(68(98)89-32-20-17-21-33-89)39-60(91)85(11)46(7)64(94)81-63/h16,18-19,22-26,28-30,36,43-46,53-58,63H,15,17,20-21,27,31-35,37-42H2,1-14H3,(H,78,90)(H,79,95)(H,80,96)(H,81,94)/t45-,46-,53-,54-,55-,56-,57-,58-,63-/m0/s1. The molecule has 4 N–H and O–H groups in total. The van der Waals surface area contributed by atoms with Gasteiger partial charge in [-0.05, 0) is 111 Å². The zero-order valence-electron chi connectivity index (χ0n) is 60.5. The number of piperidine rings is 1. The monoisotopic (exact) mass is 1450 g/mol. The Morgan fingerprint density at radius 1 is 0.545 bits per heavy atom. The Bertz CT molecular complexity index is 3420. The molecule has 5 rings (SSSR count). The number of amides is 12. The van der Waals surface area contributed by atoms with Crippen molar-refractivity contribution in [2.75, 3.05) is 82.1 Å². The van der Waals surface area contributed by atoms with Crippen molar-refractivity contribution in [3.05, 3.63) is 105 Å². The van der Waals surface area contributed by atoms with Gasteiger partial charge in [-0.2, -0.15) is 13.2 Å². The molecular formula is C72H101Cl2F3N12O12. The van der Waals surface area contributed by atoms with Gasteiger partial charge in [-0.25, -0.2) is 0 Å². The number of hydrogen-bond acceptors (Lipinski definition) is 12. The Labute approximate surface area is 601 Å². The van der Waals surface area contributed by atoms with Gasteiger partial charge in [0.05, 0.1) is 36.6 Å². The lowest BCUT2D eigenvalue weighted by molar-refractivity contribution is -0.150. The van der Waals surface area contributed by atoms with Crippen molar-refractivity contribution in [2.24, 2.45) is 17.8 Å². The first-order chi connectivity index (χ1) is 47.3. The third kappa shape index (κ3) is 23.9. The van der Waals surface area contributed by atoms with E-state index in [9.17, 15) is 51.5 Å². The molecule has 0 unspecified atom stereocenters. The molecule has 2 aliphatic heterocycles. The molecular weight excluding hydrogens is 1350 g/mol. The number of alkyl halides is 3. The molecule has 9 atom stereocenters. The fourth-order valence-electron chi connectivity index (χ4n) is 12.1. The van der Waals surface area contributed by atoms with Gasteiger partial charge in [-0.15, -0.1) is 0 Å². The molecule has 29 heteroatoms. The summed E-state index contributed by atoms with van der Waals surface area (Å²) in [4.78, 5) is 186. The number of likely N-dealkylation sites (N-methyl/N-ethyl adjacent to an activating group) is 7. The number of halogens is 5. The predicted octanol–water partition coefficient (Wildman–Crippen LogP) is 5.63. The van der Waals surface area contributed by atoms with Crippen LogP contribution in [0.4, 0.5) is 13.2 Å². The van der Waals surface area contributed by atoms with Crippen molar-refractivity contribution in [2.45, 2.75) is 174 Å². The average Bonchev–Trinajstić information content (AvgIpc) is 0.825. The van der Waals surface area contributed by atoms with E-state index < -0.39 is 168 Å². The summed E-state index contributed by atoms with van der Waals surface area (Å²) < 4.78 is 41.6. The Balaban J connectivity index is 1.65. The number of carbonyl (C=O) groups excluding carboxylic acids is 12. The zero-order chi connectivity index (χ0) is 75.5. The van der Waals surface area contributed by atoms with Crippen molar-refractivity contribution in [1.82, 2.24) is 60.5 Å². The number of nitrogens with one attached hydrogen (secondary N) is 4. The van der Waals surface area contributed by atoms with E-state index in [0.717, 1.165) is 43.1 Å². The van der Waals surface area contributed by atoms with Crippen LogP contribution in [0.25, 0.3) is 0 Å². The first-order valence-electron chi connectivity index (χ1n) is 34.3. The van der Waals surface area contributed by atoms with Crippen molar-refractivity contribution in [1.29, 1.82) is 0 Å². The van der Waals surface area contributed by atoms with Crippen molar-refractivity contribution >= 4 is 94.1 Å². The van der Waals surface area contributed by atoms with Gasteiger partial charge in [-0.1, -0.05) is 120 Å². The minimum atomic E-state index is -4.79. The minimum Gasteiger partial charge on any atom is -0.343 e. The topological polar surface area (TPSA) is 279 Å². The number of rotatable bonds is 14. The van der Waals surface area contributed by atoms with Gasteiger partial charge >= 0.3 is 6.18 Å². The highest BCUT2D eigenvalue weighted by atomic mass is 35.5. The summed E-state index contributed by atoms with van der Waals surface area (Å²) in [6.45, 7) is 10.9. The SMILES string of the molecule is CC[C@H](C)[C@@H]1NC(=O)[C@H](C)N(C)C(=O)C[C@@H](C(=O)N2CCCCC2)NC(=O)[C@H](CC(C)C)N(C)C(=O)[C@H](Cc2ccccc2)N(C)C(=O)[C@H](CC(C)C)NC(=O)[C@H](CCc2ccc(C(F)(F)F)c(Cl)c2)NC(=O)CN(C)C(=O)[C@H](Cc2ccc(Cl)cc2)N(C)C(=O)CN(C)C(=O)CN(C)C1=O. The van der Waals surface area contributed by atoms with Crippen LogP contribution in [0.15, 0.2) is 72.8 Å². The second-order valence-corrected chi connectivity index (χ2v) is 28.4. The van der Waals surface area contributed by atoms with Crippen LogP contribution in [0.1, 0.15) is 122 Å². The Kier molecular flexibility index (Phi) is 31.4. The molecule has 2 heterocycles. The molecule has 3 aromatic carbocycles. The van der Waals surface area contributed by atoms with E-state index in [1.165, 1.54) is 72.1 Å². The average molecular weight is 1450 g/mol. The fourth-order valence-corrected chi connectivity index (χ4v) is 12.5. The maximum absolute atomic E-state index is 15.5. The number of nitrogens with zero attached hydrogens (tertiary/aromatic N) is 8. The van der Waals surface area contributed by atoms with Gasteiger partial charge in [0.1, 0.15) is 48.3 Å². The number of aryl methyl sites for hydroxylation is 1. The predicted molar refractivity (Wildman–Crippen MR) is 376 cm³/mol. The summed E-state index contributed by atoms with van der Waals surface area (Å²) in [6.07, 6.45) is -3.62. The highest BCUT2D eigenvalue weighted by Crippen LogP contribution is 2.35. The smallest absolute Gasteiger partial charge is 0.343 e. The third-order valence-corrected chi connectivity index (χ3v) is 19.4. The second-order valence-electron chi connectivity index (χ2n) is 27.6. The van der Waals surface area contributed by atoms with Crippen molar-refractivity contribution < 1.29 is 70.7 Å². The van der Waals surface area contributed by atoms with Crippen LogP contribution in [0.3, 0.4) is 0 Å². The fraction of sp³-hybridized carbons (Fsp3) is 0.583. The molecule has 3 aromatic rings. The summed E-state index contributed by atoms with van der Waals surface area (Å²) in [6, 6.07) is 7.09. The van der Waals surface area contributed by atoms with E-state index >= 15 is 19.2 Å². The van der Waals surface area contributed by atoms with Crippen LogP contribution in [0.5, 0.6) is 0 Å². The second kappa shape index (κ2) is 38.1. The molecule has 0 saturated carbocycles. The summed E-state index contributed by atoms with van der Waals surface area (Å²) in [7, 11) is 9.37. The molecule has 101 heavy (non-hydrogen) atoms. The Hall–Kier alpha value is -8.33. The molecule has 0 bridgehead atoms. The lowest BCUT2D eigenvalue weighted by atomic mass is 9.97. The maximum Gasteiger partial charge on any atom is 0.417 e. The molecule has 0 radical (unpaired) electrons. The lowest BCUT2D eigenvalue weighted by Gasteiger charge is -2.37. The Morgan fingerprint density at radius 2 is 1.10 bits per heavy atom. The molecule has 0 aromatic heterocycles. The normalized spacial score (nSPS) is 23.5. The minimum absolute atomic E-state index is 0.0259. The van der Waals surface area contributed by atoms with E-state index in [2.05, 4.69) is 21.3 Å². The highest BCUT2D eigenvalue weighted by Gasteiger charge is 2.42. The van der Waals surface area contributed by atoms with E-state index in [0.29, 0.717) is 48.5 Å². The summed E-state index contributed by atoms with van der Waals surface area (Å²) in [5.74, 6) is -10.2. The third-order valence-electron chi connectivity index (χ3n) is 18.8. The molecule has 2 aliphatic rings. The molecule has 0 spiro atoms. The van der Waals surface area contributed by atoms with Gasteiger partial charge in [0.25, 0.3) is 0 Å². The first-order valence-corrected chi connectivity index (χ1v) is 35.0. The first kappa shape index (κ1) is 83.3. The summed E-state index contributed by atoms with van der Waals surface area (Å²) in [5.41, 5.74) is 0.268. The van der Waals surface area contributed by atoms with E-state index in [4.69, 9.17) is 23.2 Å². The van der Waals surface area contributed by atoms with E-state index in [1.54, 1.807) is 87.2 Å². The zero-order valence-corrected chi connectivity index (χ0v) is 62.0. The quantitative estimate of drug-likeness (QED) is 0.153. The maximum atomic E-state index is 15.5. The van der Waals surface area contributed by atoms with E-state index in [-0.39, 0.29) is 55.9 Å². The molecule has 24 nitrogen and oxygen atoms in total. The van der Waals surface area contributed by atoms with Gasteiger partial charge < -0.3 is 60.5 Å².